The number of aromatic nitrogens is 2. The molecule has 0 saturated carbocycles. The molecule has 3 rings (SSSR count). The van der Waals surface area contributed by atoms with Crippen LogP contribution in [0.5, 0.6) is 0 Å². The van der Waals surface area contributed by atoms with Gasteiger partial charge in [-0.3, -0.25) is 4.79 Å². The van der Waals surface area contributed by atoms with E-state index in [1.54, 1.807) is 6.20 Å². The maximum Gasteiger partial charge on any atom is 0.254 e. The van der Waals surface area contributed by atoms with Gasteiger partial charge in [0.2, 0.25) is 0 Å². The summed E-state index contributed by atoms with van der Waals surface area (Å²) < 4.78 is 2.10. The first-order valence-corrected chi connectivity index (χ1v) is 8.96. The molecule has 0 unspecified atom stereocenters. The Balaban J connectivity index is 1.80. The Hall–Kier alpha value is -2.88. The third-order valence-corrected chi connectivity index (χ3v) is 4.49. The largest absolute Gasteiger partial charge is 0.329 e. The molecule has 3 aromatic rings. The van der Waals surface area contributed by atoms with Crippen molar-refractivity contribution in [2.75, 3.05) is 0 Å². The molecule has 0 aliphatic rings. The lowest BCUT2D eigenvalue weighted by atomic mass is 10.1. The minimum Gasteiger partial charge on any atom is -0.329 e. The van der Waals surface area contributed by atoms with E-state index in [-0.39, 0.29) is 11.9 Å². The first-order valence-electron chi connectivity index (χ1n) is 8.96. The first-order chi connectivity index (χ1) is 12.5. The summed E-state index contributed by atoms with van der Waals surface area (Å²) in [5, 5.41) is 0. The van der Waals surface area contributed by atoms with Gasteiger partial charge >= 0.3 is 0 Å². The van der Waals surface area contributed by atoms with Gasteiger partial charge in [0, 0.05) is 30.5 Å². The minimum atomic E-state index is 0.0364. The van der Waals surface area contributed by atoms with E-state index in [0.29, 0.717) is 12.1 Å². The van der Waals surface area contributed by atoms with Crippen LogP contribution in [-0.2, 0) is 13.1 Å². The number of carbonyl (C=O) groups excluding carboxylic acids is 1. The lowest BCUT2D eigenvalue weighted by Crippen LogP contribution is -2.37. The number of imidazole rings is 1. The van der Waals surface area contributed by atoms with Crippen LogP contribution in [0.2, 0.25) is 0 Å². The Morgan fingerprint density at radius 1 is 1.08 bits per heavy atom. The average molecular weight is 347 g/mol. The van der Waals surface area contributed by atoms with Gasteiger partial charge < -0.3 is 9.47 Å². The van der Waals surface area contributed by atoms with Gasteiger partial charge in [0.05, 0.1) is 6.54 Å². The van der Waals surface area contributed by atoms with Gasteiger partial charge in [-0.05, 0) is 38.5 Å². The number of nitrogens with zero attached hydrogens (tertiary/aromatic N) is 3. The van der Waals surface area contributed by atoms with Crippen LogP contribution in [-0.4, -0.2) is 26.4 Å². The van der Waals surface area contributed by atoms with Crippen LogP contribution in [0.25, 0.3) is 0 Å². The maximum absolute atomic E-state index is 13.0. The van der Waals surface area contributed by atoms with Crippen LogP contribution in [0, 0.1) is 6.92 Å². The van der Waals surface area contributed by atoms with Gasteiger partial charge in [-0.25, -0.2) is 4.98 Å². The molecule has 134 valence electrons. The van der Waals surface area contributed by atoms with Crippen molar-refractivity contribution in [1.29, 1.82) is 0 Å². The van der Waals surface area contributed by atoms with Gasteiger partial charge in [-0.1, -0.05) is 48.0 Å². The molecule has 1 amide bonds. The Morgan fingerprint density at radius 3 is 2.42 bits per heavy atom. The quantitative estimate of drug-likeness (QED) is 0.667. The standard InChI is InChI=1S/C22H25N3O/c1-17(2)25(22(26)20-11-9-18(3)10-12-20)16-21-23-13-14-24(21)15-19-7-5-4-6-8-19/h4-14,17H,15-16H2,1-3H3. The highest BCUT2D eigenvalue weighted by Crippen LogP contribution is 2.14. The van der Waals surface area contributed by atoms with Crippen molar-refractivity contribution in [2.24, 2.45) is 0 Å². The Kier molecular flexibility index (Phi) is 5.52. The highest BCUT2D eigenvalue weighted by molar-refractivity contribution is 5.94. The fraction of sp³-hybridized carbons (Fsp3) is 0.273. The molecule has 4 heteroatoms. The fourth-order valence-electron chi connectivity index (χ4n) is 2.92. The van der Waals surface area contributed by atoms with Crippen molar-refractivity contribution in [1.82, 2.24) is 14.5 Å². The summed E-state index contributed by atoms with van der Waals surface area (Å²) in [4.78, 5) is 19.3. The van der Waals surface area contributed by atoms with Gasteiger partial charge in [0.15, 0.2) is 0 Å². The highest BCUT2D eigenvalue weighted by Gasteiger charge is 2.21. The number of hydrogen-bond acceptors (Lipinski definition) is 2. The third kappa shape index (κ3) is 4.20. The lowest BCUT2D eigenvalue weighted by molar-refractivity contribution is 0.0683. The van der Waals surface area contributed by atoms with Crippen molar-refractivity contribution in [3.8, 4) is 0 Å². The number of aryl methyl sites for hydroxylation is 1. The fourth-order valence-corrected chi connectivity index (χ4v) is 2.92. The van der Waals surface area contributed by atoms with Crippen molar-refractivity contribution in [3.63, 3.8) is 0 Å². The van der Waals surface area contributed by atoms with Crippen LogP contribution < -0.4 is 0 Å². The zero-order chi connectivity index (χ0) is 18.5. The maximum atomic E-state index is 13.0. The molecule has 0 fully saturated rings. The van der Waals surface area contributed by atoms with E-state index in [4.69, 9.17) is 0 Å². The van der Waals surface area contributed by atoms with E-state index in [0.717, 1.165) is 17.9 Å². The van der Waals surface area contributed by atoms with Gasteiger partial charge in [0.1, 0.15) is 5.82 Å². The van der Waals surface area contributed by atoms with E-state index >= 15 is 0 Å². The second kappa shape index (κ2) is 8.00. The summed E-state index contributed by atoms with van der Waals surface area (Å²) in [5.74, 6) is 0.928. The zero-order valence-corrected chi connectivity index (χ0v) is 15.6. The highest BCUT2D eigenvalue weighted by atomic mass is 16.2. The van der Waals surface area contributed by atoms with Crippen LogP contribution >= 0.6 is 0 Å². The van der Waals surface area contributed by atoms with Crippen LogP contribution in [0.4, 0.5) is 0 Å². The van der Waals surface area contributed by atoms with E-state index in [1.807, 2.05) is 74.3 Å². The second-order valence-electron chi connectivity index (χ2n) is 6.85. The van der Waals surface area contributed by atoms with Crippen LogP contribution in [0.1, 0.15) is 41.2 Å². The normalized spacial score (nSPS) is 10.9. The smallest absolute Gasteiger partial charge is 0.254 e. The van der Waals surface area contributed by atoms with Crippen molar-refractivity contribution < 1.29 is 4.79 Å². The Bertz CT molecular complexity index is 851. The minimum absolute atomic E-state index is 0.0364. The SMILES string of the molecule is Cc1ccc(C(=O)N(Cc2nccn2Cc2ccccc2)C(C)C)cc1. The molecule has 2 aromatic carbocycles. The molecule has 1 heterocycles. The molecular formula is C22H25N3O. The molecule has 0 bridgehead atoms. The number of carbonyl (C=O) groups is 1. The molecule has 0 aliphatic carbocycles. The summed E-state index contributed by atoms with van der Waals surface area (Å²) >= 11 is 0. The topological polar surface area (TPSA) is 38.1 Å². The second-order valence-corrected chi connectivity index (χ2v) is 6.85. The van der Waals surface area contributed by atoms with E-state index < -0.39 is 0 Å². The molecule has 0 N–H and O–H groups in total. The Morgan fingerprint density at radius 2 is 1.77 bits per heavy atom. The van der Waals surface area contributed by atoms with Crippen molar-refractivity contribution in [2.45, 2.75) is 39.9 Å². The van der Waals surface area contributed by atoms with Gasteiger partial charge in [0.25, 0.3) is 5.91 Å². The van der Waals surface area contributed by atoms with Crippen molar-refractivity contribution >= 4 is 5.91 Å². The molecule has 1 aromatic heterocycles. The molecule has 0 atom stereocenters. The van der Waals surface area contributed by atoms with Crippen molar-refractivity contribution in [3.05, 3.63) is 89.5 Å². The third-order valence-electron chi connectivity index (χ3n) is 4.49. The predicted molar refractivity (Wildman–Crippen MR) is 104 cm³/mol. The lowest BCUT2D eigenvalue weighted by Gasteiger charge is -2.27. The summed E-state index contributed by atoms with van der Waals surface area (Å²) in [6, 6.07) is 18.1. The summed E-state index contributed by atoms with van der Waals surface area (Å²) in [7, 11) is 0. The number of amides is 1. The molecular weight excluding hydrogens is 322 g/mol. The van der Waals surface area contributed by atoms with Crippen LogP contribution in [0.15, 0.2) is 67.0 Å². The van der Waals surface area contributed by atoms with E-state index in [2.05, 4.69) is 21.7 Å². The van der Waals surface area contributed by atoms with E-state index in [9.17, 15) is 4.79 Å². The number of benzene rings is 2. The summed E-state index contributed by atoms with van der Waals surface area (Å²) in [5.41, 5.74) is 3.08. The molecule has 26 heavy (non-hydrogen) atoms. The summed E-state index contributed by atoms with van der Waals surface area (Å²) in [6.45, 7) is 7.34. The molecule has 0 spiro atoms. The molecule has 0 aliphatic heterocycles. The predicted octanol–water partition coefficient (Wildman–Crippen LogP) is 4.29. The molecule has 0 saturated heterocycles. The summed E-state index contributed by atoms with van der Waals surface area (Å²) in [6.07, 6.45) is 3.77. The monoisotopic (exact) mass is 347 g/mol. The molecule has 0 radical (unpaired) electrons. The zero-order valence-electron chi connectivity index (χ0n) is 15.6. The molecule has 4 nitrogen and oxygen atoms in total. The number of rotatable bonds is 6. The van der Waals surface area contributed by atoms with E-state index in [1.165, 1.54) is 5.56 Å². The first kappa shape index (κ1) is 17.9. The van der Waals surface area contributed by atoms with Gasteiger partial charge in [-0.2, -0.15) is 0 Å². The average Bonchev–Trinajstić information content (AvgIpc) is 3.07. The Labute approximate surface area is 155 Å². The van der Waals surface area contributed by atoms with Crippen LogP contribution in [0.3, 0.4) is 0 Å². The number of hydrogen-bond donors (Lipinski definition) is 0. The van der Waals surface area contributed by atoms with Gasteiger partial charge in [-0.15, -0.1) is 0 Å².